The number of carbonyl (C=O) groups is 1. The molecule has 7 nitrogen and oxygen atoms in total. The number of pyridine rings is 1. The molecule has 134 valence electrons. The van der Waals surface area contributed by atoms with Crippen LogP contribution in [0.1, 0.15) is 16.2 Å². The molecule has 4 rings (SSSR count). The number of hydrogen-bond acceptors (Lipinski definition) is 6. The summed E-state index contributed by atoms with van der Waals surface area (Å²) in [5.74, 6) is 0.890. The Balaban J connectivity index is 1.45. The lowest BCUT2D eigenvalue weighted by atomic mass is 10.2. The van der Waals surface area contributed by atoms with Gasteiger partial charge in [-0.3, -0.25) is 4.79 Å². The van der Waals surface area contributed by atoms with Gasteiger partial charge in [0.15, 0.2) is 11.5 Å². The number of aryl methyl sites for hydroxylation is 1. The van der Waals surface area contributed by atoms with Crippen LogP contribution in [-0.4, -0.2) is 54.0 Å². The van der Waals surface area contributed by atoms with Crippen LogP contribution in [0, 0.1) is 6.92 Å². The van der Waals surface area contributed by atoms with E-state index in [1.807, 2.05) is 18.3 Å². The number of carbonyl (C=O) groups excluding carboxylic acids is 1. The van der Waals surface area contributed by atoms with Gasteiger partial charge in [-0.1, -0.05) is 0 Å². The number of rotatable bonds is 3. The molecular formula is C19H21N5O2. The fraction of sp³-hybridized carbons (Fsp3) is 0.316. The number of aromatic nitrogens is 2. The standard InChI is InChI=1S/C19H21N5O2/c1-13-21-16-5-3-14(11-17(16)26-13)19(25)22-18-6-4-15(12-20-18)24-9-7-23(2)8-10-24/h3-6,11-12H,7-10H2,1-2H3,(H,20,22,25). The number of anilines is 2. The first-order valence-electron chi connectivity index (χ1n) is 8.66. The van der Waals surface area contributed by atoms with Crippen molar-refractivity contribution in [2.24, 2.45) is 0 Å². The molecule has 1 aromatic carbocycles. The SMILES string of the molecule is Cc1nc2ccc(C(=O)Nc3ccc(N4CCN(C)CC4)cn3)cc2o1. The van der Waals surface area contributed by atoms with E-state index in [1.54, 1.807) is 25.1 Å². The summed E-state index contributed by atoms with van der Waals surface area (Å²) in [7, 11) is 2.13. The molecule has 0 aliphatic carbocycles. The molecule has 26 heavy (non-hydrogen) atoms. The Morgan fingerprint density at radius 3 is 2.69 bits per heavy atom. The Labute approximate surface area is 151 Å². The summed E-state index contributed by atoms with van der Waals surface area (Å²) in [5.41, 5.74) is 2.94. The molecule has 1 aliphatic heterocycles. The quantitative estimate of drug-likeness (QED) is 0.782. The van der Waals surface area contributed by atoms with Crippen molar-refractivity contribution in [2.75, 3.05) is 43.4 Å². The molecule has 1 fully saturated rings. The van der Waals surface area contributed by atoms with Gasteiger partial charge >= 0.3 is 0 Å². The Morgan fingerprint density at radius 2 is 1.96 bits per heavy atom. The molecule has 0 saturated carbocycles. The molecule has 1 N–H and O–H groups in total. The van der Waals surface area contributed by atoms with Crippen LogP contribution in [0.4, 0.5) is 11.5 Å². The van der Waals surface area contributed by atoms with Gasteiger partial charge in [0.05, 0.1) is 11.9 Å². The molecule has 2 aromatic heterocycles. The Kier molecular flexibility index (Phi) is 4.30. The monoisotopic (exact) mass is 351 g/mol. The van der Waals surface area contributed by atoms with E-state index in [0.717, 1.165) is 37.4 Å². The zero-order valence-corrected chi connectivity index (χ0v) is 14.9. The van der Waals surface area contributed by atoms with Crippen LogP contribution >= 0.6 is 0 Å². The van der Waals surface area contributed by atoms with Gasteiger partial charge in [-0.15, -0.1) is 0 Å². The van der Waals surface area contributed by atoms with Crippen molar-refractivity contribution in [1.82, 2.24) is 14.9 Å². The molecule has 1 saturated heterocycles. The Bertz CT molecular complexity index is 927. The lowest BCUT2D eigenvalue weighted by Crippen LogP contribution is -2.44. The average Bonchev–Trinajstić information content (AvgIpc) is 3.02. The van der Waals surface area contributed by atoms with Gasteiger partial charge in [-0.2, -0.15) is 0 Å². The molecule has 3 heterocycles. The normalized spacial score (nSPS) is 15.4. The zero-order valence-electron chi connectivity index (χ0n) is 14.9. The number of oxazole rings is 1. The number of amides is 1. The van der Waals surface area contributed by atoms with Crippen molar-refractivity contribution < 1.29 is 9.21 Å². The molecule has 3 aromatic rings. The highest BCUT2D eigenvalue weighted by molar-refractivity contribution is 6.05. The zero-order chi connectivity index (χ0) is 18.1. The van der Waals surface area contributed by atoms with E-state index in [4.69, 9.17) is 4.42 Å². The van der Waals surface area contributed by atoms with Crippen molar-refractivity contribution in [3.05, 3.63) is 48.0 Å². The van der Waals surface area contributed by atoms with Gasteiger partial charge < -0.3 is 19.5 Å². The first kappa shape index (κ1) is 16.5. The van der Waals surface area contributed by atoms with Crippen molar-refractivity contribution >= 4 is 28.5 Å². The Hall–Kier alpha value is -2.93. The summed E-state index contributed by atoms with van der Waals surface area (Å²) in [5, 5.41) is 2.83. The molecule has 0 radical (unpaired) electrons. The molecular weight excluding hydrogens is 330 g/mol. The lowest BCUT2D eigenvalue weighted by molar-refractivity contribution is 0.102. The van der Waals surface area contributed by atoms with Gasteiger partial charge in [0.2, 0.25) is 0 Å². The van der Waals surface area contributed by atoms with Crippen molar-refractivity contribution in [3.63, 3.8) is 0 Å². The summed E-state index contributed by atoms with van der Waals surface area (Å²) in [4.78, 5) is 25.7. The third-order valence-corrected chi connectivity index (χ3v) is 4.62. The highest BCUT2D eigenvalue weighted by Crippen LogP contribution is 2.19. The maximum absolute atomic E-state index is 12.5. The number of nitrogens with one attached hydrogen (secondary N) is 1. The number of likely N-dealkylation sites (N-methyl/N-ethyl adjacent to an activating group) is 1. The third kappa shape index (κ3) is 3.39. The van der Waals surface area contributed by atoms with E-state index in [9.17, 15) is 4.79 Å². The molecule has 0 atom stereocenters. The maximum atomic E-state index is 12.5. The minimum absolute atomic E-state index is 0.221. The molecule has 1 aliphatic rings. The van der Waals surface area contributed by atoms with E-state index in [1.165, 1.54) is 0 Å². The first-order chi connectivity index (χ1) is 12.6. The van der Waals surface area contributed by atoms with Crippen LogP contribution in [0.5, 0.6) is 0 Å². The second-order valence-electron chi connectivity index (χ2n) is 6.56. The first-order valence-corrected chi connectivity index (χ1v) is 8.66. The topological polar surface area (TPSA) is 74.5 Å². The van der Waals surface area contributed by atoms with E-state index in [-0.39, 0.29) is 5.91 Å². The van der Waals surface area contributed by atoms with Gasteiger partial charge in [0.25, 0.3) is 5.91 Å². The molecule has 0 spiro atoms. The van der Waals surface area contributed by atoms with E-state index >= 15 is 0 Å². The van der Waals surface area contributed by atoms with Crippen LogP contribution in [0.25, 0.3) is 11.1 Å². The largest absolute Gasteiger partial charge is 0.441 e. The number of fused-ring (bicyclic) bond motifs is 1. The molecule has 0 unspecified atom stereocenters. The van der Waals surface area contributed by atoms with E-state index in [2.05, 4.69) is 32.1 Å². The number of benzene rings is 1. The highest BCUT2D eigenvalue weighted by atomic mass is 16.3. The predicted molar refractivity (Wildman–Crippen MR) is 101 cm³/mol. The number of piperazine rings is 1. The van der Waals surface area contributed by atoms with Crippen LogP contribution in [0.15, 0.2) is 40.9 Å². The minimum Gasteiger partial charge on any atom is -0.441 e. The number of nitrogens with zero attached hydrogens (tertiary/aromatic N) is 4. The van der Waals surface area contributed by atoms with Crippen LogP contribution < -0.4 is 10.2 Å². The maximum Gasteiger partial charge on any atom is 0.256 e. The third-order valence-electron chi connectivity index (χ3n) is 4.62. The summed E-state index contributed by atoms with van der Waals surface area (Å²) in [6.45, 7) is 5.84. The number of hydrogen-bond donors (Lipinski definition) is 1. The summed E-state index contributed by atoms with van der Waals surface area (Å²) in [6.07, 6.45) is 1.81. The van der Waals surface area contributed by atoms with Gasteiger partial charge in [0.1, 0.15) is 11.3 Å². The highest BCUT2D eigenvalue weighted by Gasteiger charge is 2.15. The fourth-order valence-corrected chi connectivity index (χ4v) is 3.08. The average molecular weight is 351 g/mol. The lowest BCUT2D eigenvalue weighted by Gasteiger charge is -2.33. The summed E-state index contributed by atoms with van der Waals surface area (Å²) in [6, 6.07) is 9.05. The van der Waals surface area contributed by atoms with Crippen molar-refractivity contribution in [3.8, 4) is 0 Å². The van der Waals surface area contributed by atoms with Crippen molar-refractivity contribution in [2.45, 2.75) is 6.92 Å². The van der Waals surface area contributed by atoms with Gasteiger partial charge in [-0.05, 0) is 37.4 Å². The van der Waals surface area contributed by atoms with Gasteiger partial charge in [0, 0.05) is 38.7 Å². The Morgan fingerprint density at radius 1 is 1.15 bits per heavy atom. The summed E-state index contributed by atoms with van der Waals surface area (Å²) >= 11 is 0. The van der Waals surface area contributed by atoms with Crippen LogP contribution in [0.2, 0.25) is 0 Å². The predicted octanol–water partition coefficient (Wildman–Crippen LogP) is 2.54. The summed E-state index contributed by atoms with van der Waals surface area (Å²) < 4.78 is 5.48. The molecule has 1 amide bonds. The molecule has 0 bridgehead atoms. The smallest absolute Gasteiger partial charge is 0.256 e. The second-order valence-corrected chi connectivity index (χ2v) is 6.56. The van der Waals surface area contributed by atoms with Crippen LogP contribution in [0.3, 0.4) is 0 Å². The van der Waals surface area contributed by atoms with Gasteiger partial charge in [-0.25, -0.2) is 9.97 Å². The van der Waals surface area contributed by atoms with E-state index in [0.29, 0.717) is 22.9 Å². The molecule has 7 heteroatoms. The minimum atomic E-state index is -0.221. The van der Waals surface area contributed by atoms with Crippen LogP contribution in [-0.2, 0) is 0 Å². The second kappa shape index (κ2) is 6.76. The van der Waals surface area contributed by atoms with Crippen molar-refractivity contribution in [1.29, 1.82) is 0 Å². The fourth-order valence-electron chi connectivity index (χ4n) is 3.08. The van der Waals surface area contributed by atoms with E-state index < -0.39 is 0 Å².